The van der Waals surface area contributed by atoms with E-state index in [1.54, 1.807) is 4.90 Å². The van der Waals surface area contributed by atoms with Crippen LogP contribution in [0.3, 0.4) is 0 Å². The lowest BCUT2D eigenvalue weighted by atomic mass is 10.1. The molecule has 7 nitrogen and oxygen atoms in total. The topological polar surface area (TPSA) is 87.2 Å². The Kier molecular flexibility index (Phi) is 5.52. The van der Waals surface area contributed by atoms with Crippen LogP contribution >= 0.6 is 12.4 Å². The Bertz CT molecular complexity index is 583. The summed E-state index contributed by atoms with van der Waals surface area (Å²) in [6.45, 7) is 5.33. The molecule has 1 amide bonds. The van der Waals surface area contributed by atoms with Gasteiger partial charge in [-0.25, -0.2) is 4.79 Å². The lowest BCUT2D eigenvalue weighted by molar-refractivity contribution is -0.135. The van der Waals surface area contributed by atoms with Crippen molar-refractivity contribution in [3.63, 3.8) is 0 Å². The van der Waals surface area contributed by atoms with E-state index >= 15 is 0 Å². The Hall–Kier alpha value is -1.60. The van der Waals surface area contributed by atoms with Crippen molar-refractivity contribution in [3.8, 4) is 0 Å². The molecule has 1 aliphatic heterocycles. The van der Waals surface area contributed by atoms with Gasteiger partial charge < -0.3 is 10.2 Å². The lowest BCUT2D eigenvalue weighted by Crippen LogP contribution is -2.58. The number of halogens is 1. The van der Waals surface area contributed by atoms with Crippen molar-refractivity contribution in [1.82, 2.24) is 19.8 Å². The Balaban J connectivity index is 0.00000200. The van der Waals surface area contributed by atoms with Crippen LogP contribution in [0, 0.1) is 0 Å². The molecule has 1 fully saturated rings. The highest BCUT2D eigenvalue weighted by Crippen LogP contribution is 2.09. The van der Waals surface area contributed by atoms with Crippen LogP contribution in [-0.4, -0.2) is 45.5 Å². The zero-order valence-corrected chi connectivity index (χ0v) is 12.3. The van der Waals surface area contributed by atoms with Gasteiger partial charge in [-0.15, -0.1) is 12.4 Å². The number of carbonyl (C=O) groups excluding carboxylic acids is 1. The number of hydrogen-bond acceptors (Lipinski definition) is 4. The molecule has 0 aromatic carbocycles. The summed E-state index contributed by atoms with van der Waals surface area (Å²) >= 11 is 0. The van der Waals surface area contributed by atoms with Gasteiger partial charge >= 0.3 is 5.69 Å². The van der Waals surface area contributed by atoms with Gasteiger partial charge in [0, 0.05) is 37.4 Å². The minimum atomic E-state index is -0.559. The van der Waals surface area contributed by atoms with Gasteiger partial charge in [0.2, 0.25) is 5.91 Å². The number of hydrogen-bond donors (Lipinski definition) is 2. The van der Waals surface area contributed by atoms with Crippen molar-refractivity contribution in [3.05, 3.63) is 33.1 Å². The first-order valence-corrected chi connectivity index (χ1v) is 6.31. The fraction of sp³-hybridized carbons (Fsp3) is 0.583. The van der Waals surface area contributed by atoms with Crippen LogP contribution in [0.4, 0.5) is 0 Å². The third-order valence-electron chi connectivity index (χ3n) is 3.56. The van der Waals surface area contributed by atoms with Gasteiger partial charge in [0.15, 0.2) is 0 Å². The third kappa shape index (κ3) is 3.49. The Labute approximate surface area is 122 Å². The van der Waals surface area contributed by atoms with Gasteiger partial charge in [0.25, 0.3) is 5.56 Å². The quantitative estimate of drug-likeness (QED) is 0.746. The summed E-state index contributed by atoms with van der Waals surface area (Å²) in [5.41, 5.74) is -1.02. The largest absolute Gasteiger partial charge is 0.336 e. The predicted octanol–water partition coefficient (Wildman–Crippen LogP) is -0.833. The second kappa shape index (κ2) is 6.71. The van der Waals surface area contributed by atoms with E-state index in [1.807, 2.05) is 13.8 Å². The highest BCUT2D eigenvalue weighted by atomic mass is 35.5. The molecule has 112 valence electrons. The molecule has 1 aromatic heterocycles. The number of aromatic amines is 1. The Morgan fingerprint density at radius 3 is 2.75 bits per heavy atom. The van der Waals surface area contributed by atoms with Gasteiger partial charge in [0.1, 0.15) is 6.54 Å². The van der Waals surface area contributed by atoms with Crippen molar-refractivity contribution < 1.29 is 4.79 Å². The lowest BCUT2D eigenvalue weighted by Gasteiger charge is -2.38. The van der Waals surface area contributed by atoms with E-state index in [0.717, 1.165) is 6.54 Å². The molecule has 2 N–H and O–H groups in total. The summed E-state index contributed by atoms with van der Waals surface area (Å²) in [4.78, 5) is 38.6. The molecule has 2 atom stereocenters. The molecule has 2 rings (SSSR count). The van der Waals surface area contributed by atoms with Crippen LogP contribution in [0.1, 0.15) is 13.8 Å². The first-order chi connectivity index (χ1) is 8.99. The zero-order valence-electron chi connectivity index (χ0n) is 11.5. The van der Waals surface area contributed by atoms with E-state index in [-0.39, 0.29) is 36.9 Å². The predicted molar refractivity (Wildman–Crippen MR) is 77.2 cm³/mol. The maximum atomic E-state index is 12.2. The van der Waals surface area contributed by atoms with Crippen LogP contribution in [0.5, 0.6) is 0 Å². The number of nitrogens with one attached hydrogen (secondary N) is 2. The van der Waals surface area contributed by atoms with E-state index in [4.69, 9.17) is 0 Å². The van der Waals surface area contributed by atoms with E-state index < -0.39 is 11.2 Å². The third-order valence-corrected chi connectivity index (χ3v) is 3.56. The van der Waals surface area contributed by atoms with E-state index in [1.165, 1.54) is 16.8 Å². The molecular formula is C12H19ClN4O3. The SMILES string of the molecule is CC1NCCN(C(=O)Cn2ccc(=O)[nH]c2=O)C1C.Cl. The van der Waals surface area contributed by atoms with Crippen molar-refractivity contribution in [1.29, 1.82) is 0 Å². The van der Waals surface area contributed by atoms with Crippen molar-refractivity contribution >= 4 is 18.3 Å². The first-order valence-electron chi connectivity index (χ1n) is 6.31. The number of carbonyl (C=O) groups is 1. The number of nitrogens with zero attached hydrogens (tertiary/aromatic N) is 2. The molecule has 1 aromatic rings. The second-order valence-corrected chi connectivity index (χ2v) is 4.81. The first kappa shape index (κ1) is 16.5. The molecule has 0 spiro atoms. The van der Waals surface area contributed by atoms with Crippen LogP contribution in [0.25, 0.3) is 0 Å². The molecule has 0 aliphatic carbocycles. The van der Waals surface area contributed by atoms with Gasteiger partial charge in [-0.3, -0.25) is 19.1 Å². The summed E-state index contributed by atoms with van der Waals surface area (Å²) in [5, 5.41) is 3.29. The summed E-state index contributed by atoms with van der Waals surface area (Å²) in [6, 6.07) is 1.54. The van der Waals surface area contributed by atoms with Gasteiger partial charge in [-0.1, -0.05) is 0 Å². The number of H-pyrrole nitrogens is 1. The monoisotopic (exact) mass is 302 g/mol. The van der Waals surface area contributed by atoms with E-state index in [0.29, 0.717) is 6.54 Å². The fourth-order valence-corrected chi connectivity index (χ4v) is 2.21. The number of piperazine rings is 1. The highest BCUT2D eigenvalue weighted by molar-refractivity contribution is 5.85. The van der Waals surface area contributed by atoms with Gasteiger partial charge in [-0.2, -0.15) is 0 Å². The summed E-state index contributed by atoms with van der Waals surface area (Å²) < 4.78 is 1.21. The van der Waals surface area contributed by atoms with Crippen LogP contribution < -0.4 is 16.6 Å². The number of rotatable bonds is 2. The maximum absolute atomic E-state index is 12.2. The highest BCUT2D eigenvalue weighted by Gasteiger charge is 2.27. The second-order valence-electron chi connectivity index (χ2n) is 4.81. The molecule has 0 bridgehead atoms. The van der Waals surface area contributed by atoms with Gasteiger partial charge in [0.05, 0.1) is 0 Å². The minimum Gasteiger partial charge on any atom is -0.336 e. The summed E-state index contributed by atoms with van der Waals surface area (Å²) in [7, 11) is 0. The van der Waals surface area contributed by atoms with Gasteiger partial charge in [-0.05, 0) is 13.8 Å². The van der Waals surface area contributed by atoms with Crippen molar-refractivity contribution in [2.75, 3.05) is 13.1 Å². The zero-order chi connectivity index (χ0) is 14.0. The maximum Gasteiger partial charge on any atom is 0.328 e. The molecule has 1 saturated heterocycles. The average Bonchev–Trinajstić information content (AvgIpc) is 2.36. The van der Waals surface area contributed by atoms with Crippen LogP contribution in [0.2, 0.25) is 0 Å². The molecular weight excluding hydrogens is 284 g/mol. The van der Waals surface area contributed by atoms with Crippen LogP contribution in [0.15, 0.2) is 21.9 Å². The standard InChI is InChI=1S/C12H18N4O3.ClH/c1-8-9(2)16(6-4-13-8)11(18)7-15-5-3-10(17)14-12(15)19;/h3,5,8-9,13H,4,6-7H2,1-2H3,(H,14,17,19);1H. The van der Waals surface area contributed by atoms with E-state index in [2.05, 4.69) is 10.3 Å². The molecule has 2 unspecified atom stereocenters. The molecule has 8 heteroatoms. The molecule has 2 heterocycles. The minimum absolute atomic E-state index is 0. The molecule has 20 heavy (non-hydrogen) atoms. The molecule has 1 aliphatic rings. The van der Waals surface area contributed by atoms with E-state index in [9.17, 15) is 14.4 Å². The number of aromatic nitrogens is 2. The average molecular weight is 303 g/mol. The Morgan fingerprint density at radius 1 is 1.40 bits per heavy atom. The summed E-state index contributed by atoms with van der Waals surface area (Å²) in [6.07, 6.45) is 1.34. The van der Waals surface area contributed by atoms with Crippen LogP contribution in [-0.2, 0) is 11.3 Å². The van der Waals surface area contributed by atoms with Crippen molar-refractivity contribution in [2.24, 2.45) is 0 Å². The van der Waals surface area contributed by atoms with Crippen molar-refractivity contribution in [2.45, 2.75) is 32.5 Å². The smallest absolute Gasteiger partial charge is 0.328 e. The molecule has 0 saturated carbocycles. The summed E-state index contributed by atoms with van der Waals surface area (Å²) in [5.74, 6) is -0.116. The fourth-order valence-electron chi connectivity index (χ4n) is 2.21. The normalized spacial score (nSPS) is 22.2. The number of amides is 1. The molecule has 0 radical (unpaired) electrons. The Morgan fingerprint density at radius 2 is 2.10 bits per heavy atom.